The van der Waals surface area contributed by atoms with Crippen LogP contribution in [0.4, 0.5) is 0 Å². The molecule has 1 aromatic rings. The second kappa shape index (κ2) is 3.58. The van der Waals surface area contributed by atoms with Crippen LogP contribution in [0, 0.1) is 0 Å². The lowest BCUT2D eigenvalue weighted by molar-refractivity contribution is -0.0238. The third-order valence-electron chi connectivity index (χ3n) is 3.82. The zero-order valence-electron chi connectivity index (χ0n) is 9.08. The van der Waals surface area contributed by atoms with Gasteiger partial charge in [-0.15, -0.1) is 11.3 Å². The van der Waals surface area contributed by atoms with Crippen LogP contribution in [0.5, 0.6) is 0 Å². The molecule has 1 saturated carbocycles. The Bertz CT molecular complexity index is 356. The number of likely N-dealkylation sites (N-methyl/N-ethyl adjacent to an activating group) is 1. The van der Waals surface area contributed by atoms with Gasteiger partial charge in [0.2, 0.25) is 0 Å². The quantitative estimate of drug-likeness (QED) is 0.831. The summed E-state index contributed by atoms with van der Waals surface area (Å²) >= 11 is 1.86. The highest BCUT2D eigenvalue weighted by Crippen LogP contribution is 2.51. The number of hydrogen-bond acceptors (Lipinski definition) is 3. The first-order chi connectivity index (χ1) is 7.36. The zero-order chi connectivity index (χ0) is 10.3. The van der Waals surface area contributed by atoms with Gasteiger partial charge in [-0.1, -0.05) is 6.42 Å². The van der Waals surface area contributed by atoms with Gasteiger partial charge in [0.15, 0.2) is 0 Å². The number of fused-ring (bicyclic) bond motifs is 2. The maximum atomic E-state index is 6.01. The molecule has 2 heterocycles. The summed E-state index contributed by atoms with van der Waals surface area (Å²) < 4.78 is 6.01. The van der Waals surface area contributed by atoms with E-state index in [1.165, 1.54) is 24.1 Å². The van der Waals surface area contributed by atoms with Crippen LogP contribution >= 0.6 is 11.3 Å². The molecule has 2 nitrogen and oxygen atoms in total. The summed E-state index contributed by atoms with van der Waals surface area (Å²) in [6.07, 6.45) is 4.30. The number of hydrogen-bond donors (Lipinski definition) is 1. The van der Waals surface area contributed by atoms with Crippen LogP contribution in [0.3, 0.4) is 0 Å². The predicted octanol–water partition coefficient (Wildman–Crippen LogP) is 2.46. The average molecular weight is 223 g/mol. The van der Waals surface area contributed by atoms with Gasteiger partial charge in [-0.05, 0) is 36.9 Å². The topological polar surface area (TPSA) is 21.3 Å². The Morgan fingerprint density at radius 3 is 3.13 bits per heavy atom. The van der Waals surface area contributed by atoms with Gasteiger partial charge in [0.1, 0.15) is 6.10 Å². The second-order valence-corrected chi connectivity index (χ2v) is 5.64. The van der Waals surface area contributed by atoms with Crippen LogP contribution < -0.4 is 5.32 Å². The molecule has 0 aromatic carbocycles. The Hall–Kier alpha value is -0.380. The Labute approximate surface area is 94.6 Å². The van der Waals surface area contributed by atoms with Crippen molar-refractivity contribution in [1.82, 2.24) is 5.32 Å². The van der Waals surface area contributed by atoms with E-state index in [1.807, 2.05) is 18.4 Å². The molecule has 0 amide bonds. The minimum Gasteiger partial charge on any atom is -0.370 e. The van der Waals surface area contributed by atoms with Crippen LogP contribution in [-0.2, 0) is 10.2 Å². The van der Waals surface area contributed by atoms with Crippen LogP contribution in [0.15, 0.2) is 11.4 Å². The first-order valence-electron chi connectivity index (χ1n) is 5.70. The molecule has 1 aromatic heterocycles. The van der Waals surface area contributed by atoms with E-state index < -0.39 is 0 Å². The van der Waals surface area contributed by atoms with E-state index in [-0.39, 0.29) is 6.10 Å². The lowest BCUT2D eigenvalue weighted by Gasteiger charge is -2.46. The molecular formula is C12H17NOS. The van der Waals surface area contributed by atoms with E-state index in [4.69, 9.17) is 4.74 Å². The number of ether oxygens (including phenoxy) is 1. The first kappa shape index (κ1) is 9.82. The number of nitrogens with one attached hydrogen (secondary N) is 1. The monoisotopic (exact) mass is 223 g/mol. The second-order valence-electron chi connectivity index (χ2n) is 4.69. The molecule has 0 radical (unpaired) electrons. The molecule has 1 N–H and O–H groups in total. The van der Waals surface area contributed by atoms with Crippen molar-refractivity contribution >= 4 is 11.3 Å². The smallest absolute Gasteiger partial charge is 0.104 e. The van der Waals surface area contributed by atoms with Crippen molar-refractivity contribution < 1.29 is 4.74 Å². The van der Waals surface area contributed by atoms with Crippen molar-refractivity contribution in [3.8, 4) is 0 Å². The molecule has 15 heavy (non-hydrogen) atoms. The standard InChI is InChI=1S/C12H17NOS/c1-13-7-10-11-9(3-6-15-11)12(8-14-10)4-2-5-12/h3,6,10,13H,2,4-5,7-8H2,1H3. The summed E-state index contributed by atoms with van der Waals surface area (Å²) in [4.78, 5) is 1.47. The first-order valence-corrected chi connectivity index (χ1v) is 6.58. The van der Waals surface area contributed by atoms with Crippen molar-refractivity contribution in [2.45, 2.75) is 30.8 Å². The molecule has 1 aliphatic heterocycles. The van der Waals surface area contributed by atoms with Crippen molar-refractivity contribution in [2.24, 2.45) is 0 Å². The molecule has 1 fully saturated rings. The molecule has 1 atom stereocenters. The van der Waals surface area contributed by atoms with Crippen LogP contribution in [0.25, 0.3) is 0 Å². The van der Waals surface area contributed by atoms with Crippen LogP contribution in [0.2, 0.25) is 0 Å². The van der Waals surface area contributed by atoms with Crippen molar-refractivity contribution in [2.75, 3.05) is 20.2 Å². The summed E-state index contributed by atoms with van der Waals surface area (Å²) in [5.74, 6) is 0. The Balaban J connectivity index is 1.94. The third kappa shape index (κ3) is 1.37. The summed E-state index contributed by atoms with van der Waals surface area (Å²) in [6.45, 7) is 1.87. The van der Waals surface area contributed by atoms with Crippen molar-refractivity contribution in [3.63, 3.8) is 0 Å². The van der Waals surface area contributed by atoms with Crippen LogP contribution in [0.1, 0.15) is 35.8 Å². The molecule has 82 valence electrons. The predicted molar refractivity (Wildman–Crippen MR) is 62.5 cm³/mol. The van der Waals surface area contributed by atoms with E-state index in [2.05, 4.69) is 16.8 Å². The molecule has 1 spiro atoms. The van der Waals surface area contributed by atoms with E-state index in [1.54, 1.807) is 5.56 Å². The normalized spacial score (nSPS) is 27.4. The molecule has 2 aliphatic rings. The highest BCUT2D eigenvalue weighted by Gasteiger charge is 2.45. The minimum atomic E-state index is 0.288. The summed E-state index contributed by atoms with van der Waals surface area (Å²) in [5.41, 5.74) is 1.99. The minimum absolute atomic E-state index is 0.288. The molecular weight excluding hydrogens is 206 g/mol. The largest absolute Gasteiger partial charge is 0.370 e. The van der Waals surface area contributed by atoms with Gasteiger partial charge in [-0.25, -0.2) is 0 Å². The fourth-order valence-electron chi connectivity index (χ4n) is 2.78. The maximum Gasteiger partial charge on any atom is 0.104 e. The Morgan fingerprint density at radius 1 is 1.60 bits per heavy atom. The summed E-state index contributed by atoms with van der Waals surface area (Å²) in [6, 6.07) is 2.32. The van der Waals surface area contributed by atoms with Gasteiger partial charge in [-0.3, -0.25) is 0 Å². The highest BCUT2D eigenvalue weighted by molar-refractivity contribution is 7.10. The van der Waals surface area contributed by atoms with Gasteiger partial charge < -0.3 is 10.1 Å². The maximum absolute atomic E-state index is 6.01. The zero-order valence-corrected chi connectivity index (χ0v) is 9.90. The van der Waals surface area contributed by atoms with Gasteiger partial charge in [0, 0.05) is 16.8 Å². The lowest BCUT2D eigenvalue weighted by atomic mass is 9.64. The van der Waals surface area contributed by atoms with Crippen molar-refractivity contribution in [3.05, 3.63) is 21.9 Å². The molecule has 1 aliphatic carbocycles. The number of thiophene rings is 1. The van der Waals surface area contributed by atoms with Gasteiger partial charge in [-0.2, -0.15) is 0 Å². The van der Waals surface area contributed by atoms with Crippen LogP contribution in [-0.4, -0.2) is 20.2 Å². The SMILES string of the molecule is CNCC1OCC2(CCC2)c2ccsc21. The Kier molecular flexibility index (Phi) is 2.34. The fourth-order valence-corrected chi connectivity index (χ4v) is 3.84. The van der Waals surface area contributed by atoms with Gasteiger partial charge in [0.05, 0.1) is 6.61 Å². The summed E-state index contributed by atoms with van der Waals surface area (Å²) in [5, 5.41) is 5.44. The average Bonchev–Trinajstić information content (AvgIpc) is 2.65. The molecule has 3 heteroatoms. The van der Waals surface area contributed by atoms with E-state index >= 15 is 0 Å². The van der Waals surface area contributed by atoms with E-state index in [0.717, 1.165) is 13.2 Å². The van der Waals surface area contributed by atoms with Gasteiger partial charge in [0.25, 0.3) is 0 Å². The third-order valence-corrected chi connectivity index (χ3v) is 4.83. The summed E-state index contributed by atoms with van der Waals surface area (Å²) in [7, 11) is 1.99. The molecule has 1 unspecified atom stereocenters. The fraction of sp³-hybridized carbons (Fsp3) is 0.667. The molecule has 0 saturated heterocycles. The Morgan fingerprint density at radius 2 is 2.47 bits per heavy atom. The number of rotatable bonds is 2. The van der Waals surface area contributed by atoms with Gasteiger partial charge >= 0.3 is 0 Å². The van der Waals surface area contributed by atoms with E-state index in [9.17, 15) is 0 Å². The lowest BCUT2D eigenvalue weighted by Crippen LogP contribution is -2.44. The molecule has 3 rings (SSSR count). The highest BCUT2D eigenvalue weighted by atomic mass is 32.1. The van der Waals surface area contributed by atoms with Crippen molar-refractivity contribution in [1.29, 1.82) is 0 Å². The molecule has 0 bridgehead atoms. The van der Waals surface area contributed by atoms with E-state index in [0.29, 0.717) is 5.41 Å².